The molecule has 46 heavy (non-hydrogen) atoms. The minimum atomic E-state index is -0.782. The van der Waals surface area contributed by atoms with Crippen LogP contribution >= 0.6 is 23.2 Å². The molecular formula is C37H36Cl2N2O5. The number of amides is 2. The van der Waals surface area contributed by atoms with Gasteiger partial charge in [-0.2, -0.15) is 0 Å². The number of aliphatic hydroxyl groups excluding tert-OH is 1. The first-order valence-corrected chi connectivity index (χ1v) is 17.3. The zero-order chi connectivity index (χ0) is 32.0. The van der Waals surface area contributed by atoms with Crippen LogP contribution in [0.2, 0.25) is 0 Å². The van der Waals surface area contributed by atoms with Crippen molar-refractivity contribution in [3.05, 3.63) is 83.1 Å². The van der Waals surface area contributed by atoms with Gasteiger partial charge in [0.1, 0.15) is 5.75 Å². The fraction of sp³-hybridized carbons (Fsp3) is 0.432. The average Bonchev–Trinajstić information content (AvgIpc) is 3.62. The topological polar surface area (TPSA) is 87.2 Å². The number of carbonyl (C=O) groups excluding carboxylic acids is 3. The van der Waals surface area contributed by atoms with E-state index in [1.807, 2.05) is 70.5 Å². The summed E-state index contributed by atoms with van der Waals surface area (Å²) >= 11 is 13.0. The first-order valence-electron chi connectivity index (χ1n) is 16.2. The summed E-state index contributed by atoms with van der Waals surface area (Å²) in [7, 11) is 0. The van der Waals surface area contributed by atoms with E-state index in [-0.39, 0.29) is 29.6 Å². The summed E-state index contributed by atoms with van der Waals surface area (Å²) in [5.41, 5.74) is 3.23. The SMILES string of the molecule is CC(=O)Oc1cc2c(c3ccccc13)[C@H](CCl)CN2C(=O)[C@]12CCC[C@](C(=O)N3C[C@@H](CCl)C4C3=CC(O)c3ccccc34)(C1)C2. The number of carbonyl (C=O) groups is 3. The quantitative estimate of drug-likeness (QED) is 0.185. The molecule has 1 N–H and O–H groups in total. The maximum atomic E-state index is 14.6. The molecule has 0 radical (unpaired) electrons. The lowest BCUT2D eigenvalue weighted by atomic mass is 9.44. The fourth-order valence-electron chi connectivity index (χ4n) is 9.54. The molecule has 2 unspecified atom stereocenters. The number of likely N-dealkylation sites (tertiary alicyclic amines) is 1. The van der Waals surface area contributed by atoms with Gasteiger partial charge in [-0.1, -0.05) is 55.0 Å². The van der Waals surface area contributed by atoms with Crippen LogP contribution in [0.4, 0.5) is 5.69 Å². The van der Waals surface area contributed by atoms with Crippen LogP contribution in [0.5, 0.6) is 5.75 Å². The van der Waals surface area contributed by atoms with Gasteiger partial charge in [-0.3, -0.25) is 14.4 Å². The number of halogens is 2. The largest absolute Gasteiger partial charge is 0.426 e. The number of benzene rings is 3. The molecule has 4 fully saturated rings. The Labute approximate surface area is 278 Å². The van der Waals surface area contributed by atoms with Crippen LogP contribution < -0.4 is 9.64 Å². The third-order valence-electron chi connectivity index (χ3n) is 11.3. The first-order chi connectivity index (χ1) is 22.2. The van der Waals surface area contributed by atoms with Gasteiger partial charge in [0.2, 0.25) is 11.8 Å². The van der Waals surface area contributed by atoms with E-state index in [4.69, 9.17) is 27.9 Å². The van der Waals surface area contributed by atoms with E-state index in [2.05, 4.69) is 0 Å². The second-order valence-corrected chi connectivity index (χ2v) is 14.6. The van der Waals surface area contributed by atoms with E-state index < -0.39 is 22.9 Å². The molecule has 6 aliphatic rings. The third-order valence-corrected chi connectivity index (χ3v) is 12.1. The van der Waals surface area contributed by atoms with Crippen LogP contribution in [0.1, 0.15) is 73.7 Å². The number of esters is 1. The third kappa shape index (κ3) is 4.24. The summed E-state index contributed by atoms with van der Waals surface area (Å²) in [5.74, 6) is 0.779. The molecule has 0 spiro atoms. The molecule has 0 aromatic heterocycles. The van der Waals surface area contributed by atoms with E-state index in [0.29, 0.717) is 43.4 Å². The number of nitrogens with zero attached hydrogens (tertiary/aromatic N) is 2. The van der Waals surface area contributed by atoms with E-state index in [1.165, 1.54) is 6.92 Å². The Balaban J connectivity index is 1.10. The van der Waals surface area contributed by atoms with Gasteiger partial charge in [0.25, 0.3) is 0 Å². The number of ether oxygens (including phenoxy) is 1. The molecular weight excluding hydrogens is 623 g/mol. The lowest BCUT2D eigenvalue weighted by Gasteiger charge is -2.60. The lowest BCUT2D eigenvalue weighted by molar-refractivity contribution is -0.173. The number of alkyl halides is 2. The fourth-order valence-corrected chi connectivity index (χ4v) is 10.1. The van der Waals surface area contributed by atoms with Crippen molar-refractivity contribution in [1.29, 1.82) is 0 Å². The minimum absolute atomic E-state index is 0.0210. The van der Waals surface area contributed by atoms with E-state index in [1.54, 1.807) is 0 Å². The van der Waals surface area contributed by atoms with E-state index in [0.717, 1.165) is 58.1 Å². The molecule has 2 heterocycles. The van der Waals surface area contributed by atoms with Crippen LogP contribution in [0.3, 0.4) is 0 Å². The molecule has 3 aromatic rings. The second kappa shape index (κ2) is 10.8. The van der Waals surface area contributed by atoms with Gasteiger partial charge in [0, 0.05) is 66.7 Å². The van der Waals surface area contributed by atoms with Crippen LogP contribution in [0.15, 0.2) is 66.4 Å². The predicted molar refractivity (Wildman–Crippen MR) is 177 cm³/mol. The summed E-state index contributed by atoms with van der Waals surface area (Å²) in [4.78, 5) is 44.9. The minimum Gasteiger partial charge on any atom is -0.426 e. The highest BCUT2D eigenvalue weighted by Crippen LogP contribution is 2.66. The predicted octanol–water partition coefficient (Wildman–Crippen LogP) is 6.80. The van der Waals surface area contributed by atoms with Crippen molar-refractivity contribution in [3.8, 4) is 5.75 Å². The lowest BCUT2D eigenvalue weighted by Crippen LogP contribution is -2.63. The summed E-state index contributed by atoms with van der Waals surface area (Å²) in [6.45, 7) is 2.33. The van der Waals surface area contributed by atoms with Gasteiger partial charge in [-0.15, -0.1) is 23.2 Å². The zero-order valence-corrected chi connectivity index (χ0v) is 27.2. The van der Waals surface area contributed by atoms with Gasteiger partial charge in [0.05, 0.1) is 22.6 Å². The Morgan fingerprint density at radius 1 is 0.891 bits per heavy atom. The van der Waals surface area contributed by atoms with Gasteiger partial charge in [-0.05, 0) is 53.8 Å². The molecule has 4 atom stereocenters. The zero-order valence-electron chi connectivity index (χ0n) is 25.7. The smallest absolute Gasteiger partial charge is 0.308 e. The van der Waals surface area contributed by atoms with Crippen molar-refractivity contribution >= 4 is 57.4 Å². The summed E-state index contributed by atoms with van der Waals surface area (Å²) in [6, 6.07) is 17.5. The van der Waals surface area contributed by atoms with Crippen LogP contribution in [0, 0.1) is 16.7 Å². The van der Waals surface area contributed by atoms with Crippen molar-refractivity contribution in [2.75, 3.05) is 29.7 Å². The van der Waals surface area contributed by atoms with Gasteiger partial charge >= 0.3 is 5.97 Å². The molecule has 3 saturated carbocycles. The van der Waals surface area contributed by atoms with Crippen LogP contribution in [-0.4, -0.2) is 52.6 Å². The van der Waals surface area contributed by atoms with E-state index >= 15 is 0 Å². The van der Waals surface area contributed by atoms with Crippen molar-refractivity contribution in [2.24, 2.45) is 16.7 Å². The molecule has 2 aliphatic heterocycles. The van der Waals surface area contributed by atoms with Gasteiger partial charge in [-0.25, -0.2) is 0 Å². The van der Waals surface area contributed by atoms with Crippen molar-refractivity contribution in [3.63, 3.8) is 0 Å². The highest BCUT2D eigenvalue weighted by Gasteiger charge is 2.67. The number of aliphatic hydroxyl groups is 1. The number of hydrogen-bond acceptors (Lipinski definition) is 5. The highest BCUT2D eigenvalue weighted by atomic mass is 35.5. The van der Waals surface area contributed by atoms with Gasteiger partial charge < -0.3 is 19.6 Å². The maximum absolute atomic E-state index is 14.6. The van der Waals surface area contributed by atoms with Crippen LogP contribution in [-0.2, 0) is 14.4 Å². The highest BCUT2D eigenvalue weighted by molar-refractivity contribution is 6.19. The Morgan fingerprint density at radius 3 is 2.22 bits per heavy atom. The molecule has 9 heteroatoms. The molecule has 2 bridgehead atoms. The molecule has 9 rings (SSSR count). The number of hydrogen-bond donors (Lipinski definition) is 1. The standard InChI is InChI=1S/C37H36Cl2N2O5/c1-21(42)46-31-14-29-33(27-10-5-3-8-25(27)31)23(16-39)18-41(29)35(45)37-12-6-11-36(19-37,20-37)34(44)40-17-22(15-38)32-26-9-4-2-7-24(26)30(43)13-28(32)40/h2-5,7-10,13-14,22-23,30,32,43H,6,11-12,15-20H2,1H3/t22-,23-,30?,32?,36-,37+/m1/s1. The first kappa shape index (κ1) is 30.0. The molecule has 1 saturated heterocycles. The molecule has 238 valence electrons. The second-order valence-electron chi connectivity index (χ2n) is 14.0. The Kier molecular flexibility index (Phi) is 7.06. The maximum Gasteiger partial charge on any atom is 0.308 e. The van der Waals surface area contributed by atoms with Crippen LogP contribution in [0.25, 0.3) is 10.8 Å². The molecule has 7 nitrogen and oxygen atoms in total. The number of rotatable bonds is 5. The summed E-state index contributed by atoms with van der Waals surface area (Å²) in [6.07, 6.45) is 4.29. The summed E-state index contributed by atoms with van der Waals surface area (Å²) in [5, 5.41) is 12.8. The van der Waals surface area contributed by atoms with Gasteiger partial charge in [0.15, 0.2) is 0 Å². The Bertz CT molecular complexity index is 1830. The van der Waals surface area contributed by atoms with Crippen molar-refractivity contribution in [2.45, 2.75) is 57.0 Å². The normalized spacial score (nSPS) is 30.7. The van der Waals surface area contributed by atoms with E-state index in [9.17, 15) is 19.5 Å². The summed E-state index contributed by atoms with van der Waals surface area (Å²) < 4.78 is 5.63. The number of allylic oxidation sites excluding steroid dienone is 1. The average molecular weight is 660 g/mol. The molecule has 3 aromatic carbocycles. The Morgan fingerprint density at radius 2 is 1.54 bits per heavy atom. The number of anilines is 1. The van der Waals surface area contributed by atoms with Crippen molar-refractivity contribution < 1.29 is 24.2 Å². The molecule has 2 amide bonds. The monoisotopic (exact) mass is 658 g/mol. The Hall–Kier alpha value is -3.39. The van der Waals surface area contributed by atoms with Crippen molar-refractivity contribution in [1.82, 2.24) is 4.90 Å². The molecule has 4 aliphatic carbocycles. The number of fused-ring (bicyclic) bond motifs is 8.